The van der Waals surface area contributed by atoms with Gasteiger partial charge >= 0.3 is 0 Å². The van der Waals surface area contributed by atoms with Gasteiger partial charge in [-0.2, -0.15) is 0 Å². The lowest BCUT2D eigenvalue weighted by Gasteiger charge is -2.27. The number of benzene rings is 2. The number of ether oxygens (including phenoxy) is 1. The number of halogens is 3. The van der Waals surface area contributed by atoms with Crippen LogP contribution in [0.15, 0.2) is 36.4 Å². The fourth-order valence-electron chi connectivity index (χ4n) is 2.14. The van der Waals surface area contributed by atoms with Crippen LogP contribution in [0, 0.1) is 5.82 Å². The lowest BCUT2D eigenvalue weighted by molar-refractivity contribution is 0.340. The molecule has 2 aromatic rings. The largest absolute Gasteiger partial charge is 0.494 e. The van der Waals surface area contributed by atoms with Crippen LogP contribution < -0.4 is 10.5 Å². The average Bonchev–Trinajstić information content (AvgIpc) is 2.43. The van der Waals surface area contributed by atoms with Crippen LogP contribution in [0.1, 0.15) is 25.0 Å². The second-order valence-corrected chi connectivity index (χ2v) is 5.72. The van der Waals surface area contributed by atoms with Gasteiger partial charge in [-0.15, -0.1) is 0 Å². The molecule has 0 bridgehead atoms. The molecule has 0 fully saturated rings. The fourth-order valence-corrected chi connectivity index (χ4v) is 2.72. The molecular weight excluding hydrogens is 312 g/mol. The monoisotopic (exact) mass is 327 g/mol. The summed E-state index contributed by atoms with van der Waals surface area (Å²) in [4.78, 5) is 0. The third-order valence-corrected chi connectivity index (χ3v) is 3.94. The second kappa shape index (κ2) is 6.22. The first-order valence-electron chi connectivity index (χ1n) is 6.53. The summed E-state index contributed by atoms with van der Waals surface area (Å²) in [5, 5.41) is 0.312. The number of hydrogen-bond acceptors (Lipinski definition) is 2. The topological polar surface area (TPSA) is 35.2 Å². The molecule has 0 aromatic heterocycles. The van der Waals surface area contributed by atoms with Crippen molar-refractivity contribution in [3.63, 3.8) is 0 Å². The second-order valence-electron chi connectivity index (χ2n) is 4.91. The summed E-state index contributed by atoms with van der Waals surface area (Å²) < 4.78 is 19.1. The van der Waals surface area contributed by atoms with Gasteiger partial charge in [0.05, 0.1) is 17.2 Å². The Labute approximate surface area is 133 Å². The molecule has 0 aliphatic carbocycles. The highest BCUT2D eigenvalue weighted by Crippen LogP contribution is 2.35. The maximum Gasteiger partial charge on any atom is 0.142 e. The zero-order valence-corrected chi connectivity index (χ0v) is 13.3. The summed E-state index contributed by atoms with van der Waals surface area (Å²) in [6.07, 6.45) is 0. The van der Waals surface area contributed by atoms with E-state index in [0.29, 0.717) is 17.2 Å². The normalized spacial score (nSPS) is 13.8. The van der Waals surface area contributed by atoms with Gasteiger partial charge < -0.3 is 10.5 Å². The molecule has 5 heteroatoms. The van der Waals surface area contributed by atoms with Crippen LogP contribution in [0.25, 0.3) is 0 Å². The Bertz CT molecular complexity index is 641. The molecule has 0 radical (unpaired) electrons. The molecule has 1 atom stereocenters. The van der Waals surface area contributed by atoms with Crippen molar-refractivity contribution in [2.24, 2.45) is 5.73 Å². The molecule has 0 heterocycles. The van der Waals surface area contributed by atoms with Crippen molar-refractivity contribution in [2.75, 3.05) is 6.61 Å². The van der Waals surface area contributed by atoms with Gasteiger partial charge in [0.2, 0.25) is 0 Å². The Kier molecular flexibility index (Phi) is 4.77. The predicted molar refractivity (Wildman–Crippen MR) is 84.7 cm³/mol. The molecular formula is C16H16Cl2FNO. The predicted octanol–water partition coefficient (Wildman–Crippen LogP) is 4.75. The molecule has 0 saturated heterocycles. The van der Waals surface area contributed by atoms with Crippen molar-refractivity contribution in [2.45, 2.75) is 19.4 Å². The number of nitrogens with two attached hydrogens (primary N) is 1. The van der Waals surface area contributed by atoms with Gasteiger partial charge in [-0.25, -0.2) is 4.39 Å². The van der Waals surface area contributed by atoms with E-state index < -0.39 is 11.4 Å². The Morgan fingerprint density at radius 1 is 1.14 bits per heavy atom. The molecule has 2 aromatic carbocycles. The van der Waals surface area contributed by atoms with Gasteiger partial charge in [0.25, 0.3) is 0 Å². The van der Waals surface area contributed by atoms with Crippen molar-refractivity contribution in [1.29, 1.82) is 0 Å². The molecule has 0 amide bonds. The third kappa shape index (κ3) is 3.31. The van der Waals surface area contributed by atoms with Crippen LogP contribution in [-0.4, -0.2) is 6.61 Å². The van der Waals surface area contributed by atoms with Crippen LogP contribution in [0.2, 0.25) is 10.0 Å². The quantitative estimate of drug-likeness (QED) is 0.822. The molecule has 2 N–H and O–H groups in total. The van der Waals surface area contributed by atoms with Crippen molar-refractivity contribution in [3.05, 3.63) is 63.4 Å². The average molecular weight is 328 g/mol. The van der Waals surface area contributed by atoms with E-state index >= 15 is 0 Å². The molecule has 1 unspecified atom stereocenters. The van der Waals surface area contributed by atoms with Crippen LogP contribution in [-0.2, 0) is 5.54 Å². The third-order valence-electron chi connectivity index (χ3n) is 3.33. The number of rotatable bonds is 4. The molecule has 0 saturated carbocycles. The van der Waals surface area contributed by atoms with E-state index in [1.54, 1.807) is 6.92 Å². The van der Waals surface area contributed by atoms with Gasteiger partial charge in [-0.1, -0.05) is 35.3 Å². The molecule has 0 aliphatic rings. The SMILES string of the molecule is CCOc1ccc(C(C)(N)c2cc(F)c(Cl)cc2Cl)cc1. The zero-order chi connectivity index (χ0) is 15.6. The molecule has 21 heavy (non-hydrogen) atoms. The standard InChI is InChI=1S/C16H16Cl2FNO/c1-3-21-11-6-4-10(5-7-11)16(2,20)12-8-15(19)14(18)9-13(12)17/h4-9H,3,20H2,1-2H3. The summed E-state index contributed by atoms with van der Waals surface area (Å²) in [7, 11) is 0. The maximum atomic E-state index is 13.7. The van der Waals surface area contributed by atoms with E-state index in [1.165, 1.54) is 12.1 Å². The van der Waals surface area contributed by atoms with Crippen LogP contribution in [0.3, 0.4) is 0 Å². The van der Waals surface area contributed by atoms with E-state index in [0.717, 1.165) is 11.3 Å². The number of hydrogen-bond donors (Lipinski definition) is 1. The highest BCUT2D eigenvalue weighted by atomic mass is 35.5. The highest BCUT2D eigenvalue weighted by molar-refractivity contribution is 6.35. The van der Waals surface area contributed by atoms with Gasteiger partial charge in [0.1, 0.15) is 11.6 Å². The molecule has 2 rings (SSSR count). The van der Waals surface area contributed by atoms with Crippen molar-refractivity contribution in [3.8, 4) is 5.75 Å². The van der Waals surface area contributed by atoms with Gasteiger partial charge in [-0.05, 0) is 49.2 Å². The van der Waals surface area contributed by atoms with Gasteiger partial charge in [0, 0.05) is 5.02 Å². The fraction of sp³-hybridized carbons (Fsp3) is 0.250. The van der Waals surface area contributed by atoms with E-state index in [-0.39, 0.29) is 5.02 Å². The maximum absolute atomic E-state index is 13.7. The minimum absolute atomic E-state index is 0.0220. The Morgan fingerprint density at radius 2 is 1.76 bits per heavy atom. The lowest BCUT2D eigenvalue weighted by Crippen LogP contribution is -2.34. The van der Waals surface area contributed by atoms with Crippen LogP contribution >= 0.6 is 23.2 Å². The molecule has 0 spiro atoms. The highest BCUT2D eigenvalue weighted by Gasteiger charge is 2.27. The lowest BCUT2D eigenvalue weighted by atomic mass is 9.85. The first-order valence-corrected chi connectivity index (χ1v) is 7.29. The summed E-state index contributed by atoms with van der Waals surface area (Å²) in [6.45, 7) is 4.28. The summed E-state index contributed by atoms with van der Waals surface area (Å²) in [6, 6.07) is 9.98. The summed E-state index contributed by atoms with van der Waals surface area (Å²) >= 11 is 11.9. The summed E-state index contributed by atoms with van der Waals surface area (Å²) in [5.41, 5.74) is 6.71. The Morgan fingerprint density at radius 3 is 2.33 bits per heavy atom. The van der Waals surface area contributed by atoms with Crippen LogP contribution in [0.4, 0.5) is 4.39 Å². The van der Waals surface area contributed by atoms with Crippen molar-refractivity contribution >= 4 is 23.2 Å². The molecule has 112 valence electrons. The van der Waals surface area contributed by atoms with Crippen LogP contribution in [0.5, 0.6) is 5.75 Å². The van der Waals surface area contributed by atoms with Gasteiger partial charge in [0.15, 0.2) is 0 Å². The van der Waals surface area contributed by atoms with E-state index in [1.807, 2.05) is 31.2 Å². The van der Waals surface area contributed by atoms with E-state index in [9.17, 15) is 4.39 Å². The molecule has 2 nitrogen and oxygen atoms in total. The summed E-state index contributed by atoms with van der Waals surface area (Å²) in [5.74, 6) is 0.212. The zero-order valence-electron chi connectivity index (χ0n) is 11.8. The minimum atomic E-state index is -0.937. The first kappa shape index (κ1) is 16.1. The van der Waals surface area contributed by atoms with Crippen molar-refractivity contribution in [1.82, 2.24) is 0 Å². The van der Waals surface area contributed by atoms with E-state index in [4.69, 9.17) is 33.7 Å². The van der Waals surface area contributed by atoms with E-state index in [2.05, 4.69) is 0 Å². The van der Waals surface area contributed by atoms with Gasteiger partial charge in [-0.3, -0.25) is 0 Å². The Hall–Kier alpha value is -1.29. The smallest absolute Gasteiger partial charge is 0.142 e. The first-order chi connectivity index (χ1) is 9.86. The Balaban J connectivity index is 2.43. The molecule has 0 aliphatic heterocycles. The minimum Gasteiger partial charge on any atom is -0.494 e. The van der Waals surface area contributed by atoms with Crippen molar-refractivity contribution < 1.29 is 9.13 Å².